The molecule has 3 heterocycles. The van der Waals surface area contributed by atoms with Gasteiger partial charge in [-0.3, -0.25) is 14.5 Å². The number of benzene rings is 1. The lowest BCUT2D eigenvalue weighted by atomic mass is 10.2. The summed E-state index contributed by atoms with van der Waals surface area (Å²) < 4.78 is 13.3. The van der Waals surface area contributed by atoms with Gasteiger partial charge in [0.1, 0.15) is 18.1 Å². The molecule has 0 unspecified atom stereocenters. The molecule has 1 aliphatic rings. The number of hydrogen-bond acceptors (Lipinski definition) is 5. The zero-order chi connectivity index (χ0) is 18.1. The monoisotopic (exact) mass is 350 g/mol. The minimum atomic E-state index is -0.110. The van der Waals surface area contributed by atoms with E-state index in [0.29, 0.717) is 13.2 Å². The number of rotatable bonds is 3. The van der Waals surface area contributed by atoms with Gasteiger partial charge in [0.15, 0.2) is 0 Å². The van der Waals surface area contributed by atoms with Crippen LogP contribution in [0.3, 0.4) is 0 Å². The summed E-state index contributed by atoms with van der Waals surface area (Å²) in [5.41, 5.74) is 4.33. The van der Waals surface area contributed by atoms with Crippen LogP contribution in [-0.4, -0.2) is 27.8 Å². The zero-order valence-electron chi connectivity index (χ0n) is 14.5. The van der Waals surface area contributed by atoms with Gasteiger partial charge in [-0.2, -0.15) is 5.10 Å². The molecule has 132 valence electrons. The fourth-order valence-electron chi connectivity index (χ4n) is 3.01. The highest BCUT2D eigenvalue weighted by Crippen LogP contribution is 2.32. The molecule has 0 saturated heterocycles. The van der Waals surface area contributed by atoms with Gasteiger partial charge in [0.05, 0.1) is 30.6 Å². The summed E-state index contributed by atoms with van der Waals surface area (Å²) in [6, 6.07) is 9.45. The molecule has 26 heavy (non-hydrogen) atoms. The molecule has 0 bridgehead atoms. The number of ether oxygens (including phenoxy) is 2. The Kier molecular flexibility index (Phi) is 4.04. The number of carbonyl (C=O) groups is 1. The van der Waals surface area contributed by atoms with Gasteiger partial charge in [-0.25, -0.2) is 0 Å². The van der Waals surface area contributed by atoms with Crippen LogP contribution in [0.2, 0.25) is 0 Å². The molecule has 4 rings (SSSR count). The summed E-state index contributed by atoms with van der Waals surface area (Å²) in [5, 5.41) is 7.48. The van der Waals surface area contributed by atoms with Crippen molar-refractivity contribution in [3.8, 4) is 22.8 Å². The van der Waals surface area contributed by atoms with Crippen molar-refractivity contribution in [2.75, 3.05) is 12.4 Å². The number of carbonyl (C=O) groups excluding carboxylic acids is 1. The number of methoxy groups -OCH3 is 1. The predicted molar refractivity (Wildman–Crippen MR) is 96.2 cm³/mol. The molecule has 0 radical (unpaired) electrons. The van der Waals surface area contributed by atoms with Crippen molar-refractivity contribution in [1.82, 2.24) is 14.8 Å². The Morgan fingerprint density at radius 2 is 2.19 bits per heavy atom. The number of fused-ring (bicyclic) bond motifs is 2. The largest absolute Gasteiger partial charge is 0.496 e. The van der Waals surface area contributed by atoms with Crippen LogP contribution < -0.4 is 14.8 Å². The molecular weight excluding hydrogens is 332 g/mol. The Hall–Kier alpha value is -3.35. The Bertz CT molecular complexity index is 981. The Labute approximate surface area is 150 Å². The smallest absolute Gasteiger partial charge is 0.221 e. The van der Waals surface area contributed by atoms with Crippen LogP contribution in [-0.2, 0) is 17.9 Å². The molecular formula is C19H18N4O3. The Morgan fingerprint density at radius 3 is 3.00 bits per heavy atom. The molecule has 1 aromatic carbocycles. The highest BCUT2D eigenvalue weighted by atomic mass is 16.5. The summed E-state index contributed by atoms with van der Waals surface area (Å²) in [6.45, 7) is 2.47. The second kappa shape index (κ2) is 6.51. The van der Waals surface area contributed by atoms with Gasteiger partial charge in [0.2, 0.25) is 5.91 Å². The van der Waals surface area contributed by atoms with Gasteiger partial charge in [0, 0.05) is 36.6 Å². The van der Waals surface area contributed by atoms with E-state index in [1.165, 1.54) is 6.92 Å². The number of nitrogens with zero attached hydrogens (tertiary/aromatic N) is 3. The second-order valence-corrected chi connectivity index (χ2v) is 6.05. The summed E-state index contributed by atoms with van der Waals surface area (Å²) >= 11 is 0. The topological polar surface area (TPSA) is 78.3 Å². The SMILES string of the molecule is COc1ccncc1-c1cc2n(n1)Cc1ccc(NC(C)=O)cc1OC2. The average Bonchev–Trinajstić information content (AvgIpc) is 2.96. The van der Waals surface area contributed by atoms with Gasteiger partial charge in [-0.1, -0.05) is 6.07 Å². The van der Waals surface area contributed by atoms with E-state index in [1.54, 1.807) is 19.5 Å². The fraction of sp³-hybridized carbons (Fsp3) is 0.211. The Balaban J connectivity index is 1.66. The third-order valence-electron chi connectivity index (χ3n) is 4.22. The second-order valence-electron chi connectivity index (χ2n) is 6.05. The van der Waals surface area contributed by atoms with Gasteiger partial charge in [-0.15, -0.1) is 0 Å². The van der Waals surface area contributed by atoms with Gasteiger partial charge in [0.25, 0.3) is 0 Å². The van der Waals surface area contributed by atoms with E-state index in [4.69, 9.17) is 14.6 Å². The molecule has 3 aromatic rings. The lowest BCUT2D eigenvalue weighted by Gasteiger charge is -2.10. The molecule has 0 fully saturated rings. The lowest BCUT2D eigenvalue weighted by Crippen LogP contribution is -2.06. The van der Waals surface area contributed by atoms with Crippen LogP contribution in [0.5, 0.6) is 11.5 Å². The molecule has 7 heteroatoms. The van der Waals surface area contributed by atoms with Crippen LogP contribution in [0.15, 0.2) is 42.7 Å². The molecule has 0 atom stereocenters. The van der Waals surface area contributed by atoms with Crippen LogP contribution in [0.1, 0.15) is 18.2 Å². The summed E-state index contributed by atoms with van der Waals surface area (Å²) in [5.74, 6) is 1.37. The third kappa shape index (κ3) is 2.99. The van der Waals surface area contributed by atoms with Gasteiger partial charge in [-0.05, 0) is 18.2 Å². The van der Waals surface area contributed by atoms with Crippen molar-refractivity contribution < 1.29 is 14.3 Å². The van der Waals surface area contributed by atoms with E-state index in [-0.39, 0.29) is 5.91 Å². The van der Waals surface area contributed by atoms with Crippen molar-refractivity contribution in [2.24, 2.45) is 0 Å². The predicted octanol–water partition coefficient (Wildman–Crippen LogP) is 2.85. The number of hydrogen-bond donors (Lipinski definition) is 1. The fourth-order valence-corrected chi connectivity index (χ4v) is 3.01. The minimum absolute atomic E-state index is 0.110. The highest BCUT2D eigenvalue weighted by molar-refractivity contribution is 5.88. The lowest BCUT2D eigenvalue weighted by molar-refractivity contribution is -0.114. The van der Waals surface area contributed by atoms with E-state index in [2.05, 4.69) is 10.3 Å². The first-order valence-corrected chi connectivity index (χ1v) is 8.22. The molecule has 2 aromatic heterocycles. The maximum absolute atomic E-state index is 11.2. The molecule has 0 saturated carbocycles. The first kappa shape index (κ1) is 16.1. The number of nitrogens with one attached hydrogen (secondary N) is 1. The van der Waals surface area contributed by atoms with Crippen LogP contribution in [0.4, 0.5) is 5.69 Å². The van der Waals surface area contributed by atoms with Crippen molar-refractivity contribution in [1.29, 1.82) is 0 Å². The normalized spacial score (nSPS) is 12.4. The molecule has 1 N–H and O–H groups in total. The van der Waals surface area contributed by atoms with E-state index in [9.17, 15) is 4.79 Å². The molecule has 0 aliphatic carbocycles. The number of aromatic nitrogens is 3. The first-order valence-electron chi connectivity index (χ1n) is 8.22. The van der Waals surface area contributed by atoms with E-state index in [0.717, 1.165) is 39.7 Å². The average molecular weight is 350 g/mol. The van der Waals surface area contributed by atoms with Gasteiger partial charge < -0.3 is 14.8 Å². The molecule has 7 nitrogen and oxygen atoms in total. The van der Waals surface area contributed by atoms with Crippen molar-refractivity contribution in [3.05, 3.63) is 54.0 Å². The van der Waals surface area contributed by atoms with Crippen molar-refractivity contribution >= 4 is 11.6 Å². The van der Waals surface area contributed by atoms with Crippen LogP contribution in [0.25, 0.3) is 11.3 Å². The molecule has 1 aliphatic heterocycles. The quantitative estimate of drug-likeness (QED) is 0.786. The summed E-state index contributed by atoms with van der Waals surface area (Å²) in [6.07, 6.45) is 3.44. The number of pyridine rings is 1. The van der Waals surface area contributed by atoms with Gasteiger partial charge >= 0.3 is 0 Å². The van der Waals surface area contributed by atoms with E-state index < -0.39 is 0 Å². The van der Waals surface area contributed by atoms with Crippen LogP contribution >= 0.6 is 0 Å². The maximum Gasteiger partial charge on any atom is 0.221 e. The summed E-state index contributed by atoms with van der Waals surface area (Å²) in [7, 11) is 1.63. The van der Waals surface area contributed by atoms with E-state index >= 15 is 0 Å². The first-order chi connectivity index (χ1) is 12.6. The molecule has 1 amide bonds. The van der Waals surface area contributed by atoms with Crippen molar-refractivity contribution in [2.45, 2.75) is 20.1 Å². The summed E-state index contributed by atoms with van der Waals surface area (Å²) in [4.78, 5) is 15.4. The molecule has 0 spiro atoms. The third-order valence-corrected chi connectivity index (χ3v) is 4.22. The zero-order valence-corrected chi connectivity index (χ0v) is 14.5. The van der Waals surface area contributed by atoms with Crippen molar-refractivity contribution in [3.63, 3.8) is 0 Å². The highest BCUT2D eigenvalue weighted by Gasteiger charge is 2.19. The van der Waals surface area contributed by atoms with Crippen LogP contribution in [0, 0.1) is 0 Å². The Morgan fingerprint density at radius 1 is 1.31 bits per heavy atom. The number of amides is 1. The van der Waals surface area contributed by atoms with E-state index in [1.807, 2.05) is 35.0 Å². The standard InChI is InChI=1S/C19H18N4O3/c1-12(24)21-14-4-3-13-10-23-15(11-26-19(13)7-14)8-17(22-23)16-9-20-6-5-18(16)25-2/h3-9H,10-11H2,1-2H3,(H,21,24). The minimum Gasteiger partial charge on any atom is -0.496 e. The maximum atomic E-state index is 11.2. The number of anilines is 1.